The molecule has 0 aliphatic carbocycles. The van der Waals surface area contributed by atoms with E-state index in [1.54, 1.807) is 0 Å². The van der Waals surface area contributed by atoms with Crippen LogP contribution in [0.25, 0.3) is 0 Å². The first-order valence-electron chi connectivity index (χ1n) is 1.87. The van der Waals surface area contributed by atoms with Gasteiger partial charge in [-0.05, 0) is 20.0 Å². The van der Waals surface area contributed by atoms with Gasteiger partial charge in [-0.3, -0.25) is 9.11 Å². The van der Waals surface area contributed by atoms with Gasteiger partial charge in [0.2, 0.25) is 0 Å². The highest BCUT2D eigenvalue weighted by molar-refractivity contribution is 7.73. The maximum atomic E-state index is 8.67. The van der Waals surface area contributed by atoms with Gasteiger partial charge in [-0.25, -0.2) is 0 Å². The van der Waals surface area contributed by atoms with Gasteiger partial charge in [0, 0.05) is 0 Å². The molecule has 52 valence electrons. The van der Waals surface area contributed by atoms with Crippen LogP contribution in [0.2, 0.25) is 0 Å². The molecular weight excluding hydrogens is 147 g/mol. The number of hydrogen-bond donors (Lipinski definition) is 2. The molecule has 0 aromatic rings. The molecule has 5 heteroatoms. The van der Waals surface area contributed by atoms with E-state index < -0.39 is 11.4 Å². The Morgan fingerprint density at radius 2 is 1.25 bits per heavy atom. The summed E-state index contributed by atoms with van der Waals surface area (Å²) in [6.07, 6.45) is 0. The van der Waals surface area contributed by atoms with Crippen LogP contribution in [0.4, 0.5) is 0 Å². The second kappa shape index (κ2) is 7.50. The Kier molecular flexibility index (Phi) is 10.6. The molecule has 0 bridgehead atoms. The molecule has 0 saturated heterocycles. The van der Waals surface area contributed by atoms with Crippen molar-refractivity contribution < 1.29 is 13.3 Å². The zero-order valence-corrected chi connectivity index (χ0v) is 6.87. The third-order valence-corrected chi connectivity index (χ3v) is 0. The van der Waals surface area contributed by atoms with Crippen LogP contribution < -0.4 is 0 Å². The quantitative estimate of drug-likeness (QED) is 0.409. The zero-order valence-electron chi connectivity index (χ0n) is 5.16. The van der Waals surface area contributed by atoms with Crippen molar-refractivity contribution in [1.29, 1.82) is 0 Å². The summed E-state index contributed by atoms with van der Waals surface area (Å²) < 4.78 is 22.8. The fraction of sp³-hybridized carbons (Fsp3) is 1.00. The molecule has 0 radical (unpaired) electrons. The molecule has 0 heterocycles. The molecule has 8 heavy (non-hydrogen) atoms. The van der Waals surface area contributed by atoms with Gasteiger partial charge >= 0.3 is 0 Å². The van der Waals surface area contributed by atoms with E-state index in [2.05, 4.69) is 20.0 Å². The van der Waals surface area contributed by atoms with Crippen molar-refractivity contribution in [3.8, 4) is 0 Å². The van der Waals surface area contributed by atoms with Crippen molar-refractivity contribution >= 4 is 19.3 Å². The first-order chi connectivity index (χ1) is 3.46. The fourth-order valence-corrected chi connectivity index (χ4v) is 0. The molecule has 0 saturated carbocycles. The second-order valence-corrected chi connectivity index (χ2v) is 4.72. The molecule has 0 amide bonds. The lowest BCUT2D eigenvalue weighted by Crippen LogP contribution is -1.74. The van der Waals surface area contributed by atoms with E-state index in [1.807, 2.05) is 0 Å². The minimum Gasteiger partial charge on any atom is -0.284 e. The van der Waals surface area contributed by atoms with Crippen LogP contribution in [0.3, 0.4) is 0 Å². The van der Waals surface area contributed by atoms with Crippen LogP contribution in [-0.2, 0) is 11.4 Å². The lowest BCUT2D eigenvalue weighted by atomic mass is 11.9. The van der Waals surface area contributed by atoms with Crippen LogP contribution >= 0.6 is 7.92 Å². The van der Waals surface area contributed by atoms with E-state index in [0.29, 0.717) is 7.92 Å². The molecule has 0 atom stereocenters. The average molecular weight is 158 g/mol. The van der Waals surface area contributed by atoms with Crippen molar-refractivity contribution in [3.63, 3.8) is 0 Å². The largest absolute Gasteiger partial charge is 0.299 e. The van der Waals surface area contributed by atoms with Gasteiger partial charge in [0.25, 0.3) is 11.4 Å². The molecule has 0 aliphatic rings. The Morgan fingerprint density at radius 1 is 1.25 bits per heavy atom. The van der Waals surface area contributed by atoms with Crippen LogP contribution in [0.1, 0.15) is 0 Å². The van der Waals surface area contributed by atoms with E-state index in [1.165, 1.54) is 0 Å². The molecule has 0 fully saturated rings. The Labute approximate surface area is 53.4 Å². The summed E-state index contributed by atoms with van der Waals surface area (Å²) >= 11 is -2.61. The highest BCUT2D eigenvalue weighted by atomic mass is 32.2. The number of rotatable bonds is 0. The molecule has 0 aromatic carbocycles. The SMILES string of the molecule is CP(C)C.O=S(O)O. The van der Waals surface area contributed by atoms with Gasteiger partial charge < -0.3 is 0 Å². The predicted octanol–water partition coefficient (Wildman–Crippen LogP) is 1.04. The Bertz CT molecular complexity index is 58.8. The van der Waals surface area contributed by atoms with Gasteiger partial charge in [-0.1, -0.05) is 0 Å². The van der Waals surface area contributed by atoms with Crippen LogP contribution in [0.5, 0.6) is 0 Å². The molecule has 0 unspecified atom stereocenters. The van der Waals surface area contributed by atoms with Gasteiger partial charge in [0.05, 0.1) is 0 Å². The topological polar surface area (TPSA) is 57.5 Å². The predicted molar refractivity (Wildman–Crippen MR) is 38.1 cm³/mol. The first kappa shape index (κ1) is 11.3. The van der Waals surface area contributed by atoms with Crippen LogP contribution in [0.15, 0.2) is 0 Å². The summed E-state index contributed by atoms with van der Waals surface area (Å²) in [4.78, 5) is 0. The summed E-state index contributed by atoms with van der Waals surface area (Å²) in [7, 11) is 0.380. The minimum absolute atomic E-state index is 0.380. The third-order valence-electron chi connectivity index (χ3n) is 0. The molecule has 0 rings (SSSR count). The van der Waals surface area contributed by atoms with Gasteiger partial charge in [0.15, 0.2) is 0 Å². The molecular formula is C3H11O3PS. The molecule has 0 spiro atoms. The Balaban J connectivity index is 0. The average Bonchev–Trinajstić information content (AvgIpc) is 1.25. The zero-order chi connectivity index (χ0) is 7.15. The maximum Gasteiger partial charge on any atom is 0.299 e. The summed E-state index contributed by atoms with van der Waals surface area (Å²) in [6, 6.07) is 0. The van der Waals surface area contributed by atoms with Gasteiger partial charge in [-0.2, -0.15) is 4.21 Å². The van der Waals surface area contributed by atoms with Crippen molar-refractivity contribution in [2.45, 2.75) is 0 Å². The van der Waals surface area contributed by atoms with Crippen molar-refractivity contribution in [3.05, 3.63) is 0 Å². The minimum atomic E-state index is -2.61. The van der Waals surface area contributed by atoms with Crippen LogP contribution in [0, 0.1) is 0 Å². The van der Waals surface area contributed by atoms with Crippen LogP contribution in [-0.4, -0.2) is 33.3 Å². The summed E-state index contributed by atoms with van der Waals surface area (Å²) in [5, 5.41) is 0. The Hall–Kier alpha value is 0.500. The smallest absolute Gasteiger partial charge is 0.284 e. The van der Waals surface area contributed by atoms with E-state index in [-0.39, 0.29) is 0 Å². The first-order valence-corrected chi connectivity index (χ1v) is 5.62. The van der Waals surface area contributed by atoms with Crippen molar-refractivity contribution in [1.82, 2.24) is 0 Å². The number of hydrogen-bond acceptors (Lipinski definition) is 1. The monoisotopic (exact) mass is 158 g/mol. The molecule has 0 aromatic heterocycles. The van der Waals surface area contributed by atoms with Crippen molar-refractivity contribution in [2.75, 3.05) is 20.0 Å². The molecule has 3 nitrogen and oxygen atoms in total. The molecule has 0 aliphatic heterocycles. The maximum absolute atomic E-state index is 8.67. The van der Waals surface area contributed by atoms with Gasteiger partial charge in [-0.15, -0.1) is 7.92 Å². The Morgan fingerprint density at radius 3 is 1.25 bits per heavy atom. The summed E-state index contributed by atoms with van der Waals surface area (Å²) in [5.41, 5.74) is 0. The fourth-order valence-electron chi connectivity index (χ4n) is 0. The highest BCUT2D eigenvalue weighted by Gasteiger charge is 1.65. The lowest BCUT2D eigenvalue weighted by molar-refractivity contribution is 0.454. The van der Waals surface area contributed by atoms with E-state index in [9.17, 15) is 0 Å². The molecule has 2 N–H and O–H groups in total. The van der Waals surface area contributed by atoms with E-state index in [0.717, 1.165) is 0 Å². The van der Waals surface area contributed by atoms with Crippen molar-refractivity contribution in [2.24, 2.45) is 0 Å². The second-order valence-electron chi connectivity index (χ2n) is 1.57. The van der Waals surface area contributed by atoms with E-state index in [4.69, 9.17) is 13.3 Å². The highest BCUT2D eigenvalue weighted by Crippen LogP contribution is 2.14. The lowest BCUT2D eigenvalue weighted by Gasteiger charge is -1.81. The summed E-state index contributed by atoms with van der Waals surface area (Å²) in [5.74, 6) is 0. The summed E-state index contributed by atoms with van der Waals surface area (Å²) in [6.45, 7) is 6.69. The van der Waals surface area contributed by atoms with Gasteiger partial charge in [0.1, 0.15) is 0 Å². The normalized spacial score (nSPS) is 8.88. The van der Waals surface area contributed by atoms with E-state index >= 15 is 0 Å². The standard InChI is InChI=1S/C3H9P.H2O3S/c2*1-4(2)3/h1-3H3;(H2,1,2,3). The third kappa shape index (κ3) is 787.